The third-order valence-corrected chi connectivity index (χ3v) is 3.33. The van der Waals surface area contributed by atoms with Crippen LogP contribution in [0.1, 0.15) is 19.3 Å². The molecule has 90 valence electrons. The number of hydrogen-bond acceptors (Lipinski definition) is 3. The summed E-state index contributed by atoms with van der Waals surface area (Å²) in [6.07, 6.45) is 1.62. The molecule has 4 heteroatoms. The summed E-state index contributed by atoms with van der Waals surface area (Å²) >= 11 is 0. The maximum Gasteiger partial charge on any atom is 0.312 e. The molecule has 0 bridgehead atoms. The van der Waals surface area contributed by atoms with E-state index in [4.69, 9.17) is 4.74 Å². The quantitative estimate of drug-likeness (QED) is 0.430. The van der Waals surface area contributed by atoms with E-state index in [1.54, 1.807) is 0 Å². The van der Waals surface area contributed by atoms with Gasteiger partial charge >= 0.3 is 5.97 Å². The molecule has 0 aliphatic carbocycles. The first-order valence-corrected chi connectivity index (χ1v) is 9.27. The van der Waals surface area contributed by atoms with E-state index in [1.807, 2.05) is 0 Å². The molecule has 0 unspecified atom stereocenters. The van der Waals surface area contributed by atoms with Crippen LogP contribution in [0, 0.1) is 17.4 Å². The van der Waals surface area contributed by atoms with E-state index in [1.165, 1.54) is 0 Å². The number of aliphatic hydroxyl groups excluding tert-OH is 1. The van der Waals surface area contributed by atoms with Gasteiger partial charge in [-0.25, -0.2) is 0 Å². The van der Waals surface area contributed by atoms with Crippen LogP contribution in [-0.4, -0.2) is 31.9 Å². The minimum absolute atomic E-state index is 0.296. The van der Waals surface area contributed by atoms with Gasteiger partial charge in [0.25, 0.3) is 0 Å². The Labute approximate surface area is 98.2 Å². The van der Waals surface area contributed by atoms with Gasteiger partial charge in [-0.05, 0) is 19.3 Å². The molecule has 2 atom stereocenters. The molecule has 1 rings (SSSR count). The van der Waals surface area contributed by atoms with Crippen molar-refractivity contribution in [3.8, 4) is 11.5 Å². The van der Waals surface area contributed by atoms with Gasteiger partial charge in [-0.1, -0.05) is 25.6 Å². The Morgan fingerprint density at radius 2 is 2.12 bits per heavy atom. The predicted molar refractivity (Wildman–Crippen MR) is 65.4 cm³/mol. The van der Waals surface area contributed by atoms with Crippen LogP contribution < -0.4 is 0 Å². The Morgan fingerprint density at radius 1 is 1.44 bits per heavy atom. The number of rotatable bonds is 1. The lowest BCUT2D eigenvalue weighted by Crippen LogP contribution is -2.28. The molecule has 1 heterocycles. The number of ether oxygens (including phenoxy) is 1. The Bertz CT molecular complexity index is 308. The van der Waals surface area contributed by atoms with E-state index in [9.17, 15) is 9.90 Å². The molecule has 0 saturated carbocycles. The lowest BCUT2D eigenvalue weighted by molar-refractivity contribution is -0.149. The number of carbonyl (C=O) groups excluding carboxylic acids is 1. The zero-order valence-corrected chi connectivity index (χ0v) is 11.2. The van der Waals surface area contributed by atoms with Crippen LogP contribution in [0.5, 0.6) is 0 Å². The number of carbonyl (C=O) groups is 1. The second-order valence-corrected chi connectivity index (χ2v) is 9.98. The third kappa shape index (κ3) is 4.38. The van der Waals surface area contributed by atoms with Crippen LogP contribution in [0.15, 0.2) is 0 Å². The maximum atomic E-state index is 11.5. The van der Waals surface area contributed by atoms with Crippen molar-refractivity contribution < 1.29 is 14.6 Å². The fourth-order valence-corrected chi connectivity index (χ4v) is 2.12. The van der Waals surface area contributed by atoms with Gasteiger partial charge in [-0.2, -0.15) is 0 Å². The molecule has 1 aliphatic heterocycles. The third-order valence-electron chi connectivity index (χ3n) is 2.43. The molecule has 0 radical (unpaired) electrons. The minimum Gasteiger partial charge on any atom is -0.465 e. The first kappa shape index (κ1) is 13.3. The van der Waals surface area contributed by atoms with E-state index < -0.39 is 20.1 Å². The van der Waals surface area contributed by atoms with Crippen molar-refractivity contribution in [2.24, 2.45) is 5.92 Å². The summed E-state index contributed by atoms with van der Waals surface area (Å²) in [6, 6.07) is 0. The SMILES string of the molecule is C[Si](C)(C)C#C[C@H](O)[C@H]1CCCCOC1=O. The Kier molecular flexibility index (Phi) is 4.57. The molecule has 0 amide bonds. The van der Waals surface area contributed by atoms with Crippen molar-refractivity contribution in [3.63, 3.8) is 0 Å². The highest BCUT2D eigenvalue weighted by Crippen LogP contribution is 2.19. The number of aliphatic hydroxyl groups is 1. The second-order valence-electron chi connectivity index (χ2n) is 5.23. The van der Waals surface area contributed by atoms with Gasteiger partial charge in [0, 0.05) is 0 Å². The zero-order chi connectivity index (χ0) is 12.2. The van der Waals surface area contributed by atoms with Crippen LogP contribution in [0.25, 0.3) is 0 Å². The van der Waals surface area contributed by atoms with Gasteiger partial charge in [-0.15, -0.1) is 5.54 Å². The summed E-state index contributed by atoms with van der Waals surface area (Å²) in [5.41, 5.74) is 3.09. The number of esters is 1. The normalized spacial score (nSPS) is 23.8. The number of hydrogen-bond donors (Lipinski definition) is 1. The molecule has 1 saturated heterocycles. The molecular weight excluding hydrogens is 220 g/mol. The van der Waals surface area contributed by atoms with Crippen molar-refractivity contribution in [3.05, 3.63) is 0 Å². The smallest absolute Gasteiger partial charge is 0.312 e. The summed E-state index contributed by atoms with van der Waals surface area (Å²) in [4.78, 5) is 11.5. The van der Waals surface area contributed by atoms with E-state index in [0.717, 1.165) is 12.8 Å². The van der Waals surface area contributed by atoms with Gasteiger partial charge in [-0.3, -0.25) is 4.79 Å². The zero-order valence-electron chi connectivity index (χ0n) is 10.2. The lowest BCUT2D eigenvalue weighted by atomic mass is 9.97. The molecule has 0 aromatic heterocycles. The first-order chi connectivity index (χ1) is 7.40. The highest BCUT2D eigenvalue weighted by atomic mass is 28.3. The largest absolute Gasteiger partial charge is 0.465 e. The standard InChI is InChI=1S/C12H20O3Si/c1-16(2,3)9-7-11(13)10-6-4-5-8-15-12(10)14/h10-11,13H,4-6,8H2,1-3H3/t10-,11+/m1/s1. The molecule has 1 fully saturated rings. The van der Waals surface area contributed by atoms with E-state index in [2.05, 4.69) is 31.1 Å². The maximum absolute atomic E-state index is 11.5. The van der Waals surface area contributed by atoms with Crippen molar-refractivity contribution in [2.45, 2.75) is 45.0 Å². The van der Waals surface area contributed by atoms with E-state index in [-0.39, 0.29) is 5.97 Å². The van der Waals surface area contributed by atoms with Crippen LogP contribution in [0.4, 0.5) is 0 Å². The average molecular weight is 240 g/mol. The van der Waals surface area contributed by atoms with Gasteiger partial charge in [0.15, 0.2) is 0 Å². The van der Waals surface area contributed by atoms with Crippen molar-refractivity contribution in [1.82, 2.24) is 0 Å². The molecule has 0 aromatic carbocycles. The molecular formula is C12H20O3Si. The van der Waals surface area contributed by atoms with Crippen LogP contribution in [-0.2, 0) is 9.53 Å². The Morgan fingerprint density at radius 3 is 2.75 bits per heavy atom. The molecule has 0 aromatic rings. The van der Waals surface area contributed by atoms with Crippen molar-refractivity contribution >= 4 is 14.0 Å². The van der Waals surface area contributed by atoms with Crippen molar-refractivity contribution in [2.75, 3.05) is 6.61 Å². The topological polar surface area (TPSA) is 46.5 Å². The van der Waals surface area contributed by atoms with Gasteiger partial charge in [0.2, 0.25) is 0 Å². The first-order valence-electron chi connectivity index (χ1n) is 5.77. The summed E-state index contributed by atoms with van der Waals surface area (Å²) in [6.45, 7) is 6.80. The fraction of sp³-hybridized carbons (Fsp3) is 0.750. The van der Waals surface area contributed by atoms with E-state index >= 15 is 0 Å². The van der Waals surface area contributed by atoms with Crippen LogP contribution >= 0.6 is 0 Å². The predicted octanol–water partition coefficient (Wildman–Crippen LogP) is 1.57. The molecule has 1 N–H and O–H groups in total. The van der Waals surface area contributed by atoms with E-state index in [0.29, 0.717) is 13.0 Å². The highest BCUT2D eigenvalue weighted by molar-refractivity contribution is 6.83. The Hall–Kier alpha value is -0.793. The average Bonchev–Trinajstić information content (AvgIpc) is 2.38. The molecule has 1 aliphatic rings. The van der Waals surface area contributed by atoms with Gasteiger partial charge in [0.05, 0.1) is 12.5 Å². The molecule has 0 spiro atoms. The lowest BCUT2D eigenvalue weighted by Gasteiger charge is -2.14. The van der Waals surface area contributed by atoms with Gasteiger partial charge < -0.3 is 9.84 Å². The van der Waals surface area contributed by atoms with Crippen LogP contribution in [0.3, 0.4) is 0 Å². The molecule has 16 heavy (non-hydrogen) atoms. The van der Waals surface area contributed by atoms with Crippen LogP contribution in [0.2, 0.25) is 19.6 Å². The monoisotopic (exact) mass is 240 g/mol. The summed E-state index contributed by atoms with van der Waals surface area (Å²) in [7, 11) is -1.49. The second kappa shape index (κ2) is 5.51. The highest BCUT2D eigenvalue weighted by Gasteiger charge is 2.28. The van der Waals surface area contributed by atoms with Gasteiger partial charge in [0.1, 0.15) is 14.2 Å². The summed E-state index contributed by atoms with van der Waals surface area (Å²) < 4.78 is 5.01. The Balaban J connectivity index is 2.66. The molecule has 3 nitrogen and oxygen atoms in total. The summed E-state index contributed by atoms with van der Waals surface area (Å²) in [5.74, 6) is 2.07. The minimum atomic E-state index is -1.49. The fourth-order valence-electron chi connectivity index (χ4n) is 1.54. The van der Waals surface area contributed by atoms with Crippen molar-refractivity contribution in [1.29, 1.82) is 0 Å². The number of cyclic esters (lactones) is 1. The summed E-state index contributed by atoms with van der Waals surface area (Å²) in [5, 5.41) is 9.88.